The van der Waals surface area contributed by atoms with Crippen molar-refractivity contribution in [3.63, 3.8) is 0 Å². The van der Waals surface area contributed by atoms with Crippen molar-refractivity contribution in [2.45, 2.75) is 12.8 Å². The van der Waals surface area contributed by atoms with E-state index in [0.29, 0.717) is 24.2 Å². The predicted octanol–water partition coefficient (Wildman–Crippen LogP) is 4.05. The van der Waals surface area contributed by atoms with E-state index in [-0.39, 0.29) is 11.8 Å². The van der Waals surface area contributed by atoms with E-state index in [0.717, 1.165) is 11.1 Å². The molecule has 0 saturated heterocycles. The fraction of sp³-hybridized carbons (Fsp3) is 0.0909. The second kappa shape index (κ2) is 8.62. The Morgan fingerprint density at radius 2 is 1.00 bits per heavy atom. The van der Waals surface area contributed by atoms with Crippen molar-refractivity contribution < 1.29 is 9.59 Å². The van der Waals surface area contributed by atoms with Gasteiger partial charge in [0.2, 0.25) is 11.8 Å². The van der Waals surface area contributed by atoms with Crippen LogP contribution in [0.15, 0.2) is 84.9 Å². The number of anilines is 2. The molecule has 0 radical (unpaired) electrons. The summed E-state index contributed by atoms with van der Waals surface area (Å²) in [6.45, 7) is 0. The zero-order chi connectivity index (χ0) is 18.2. The van der Waals surface area contributed by atoms with Crippen molar-refractivity contribution in [1.29, 1.82) is 0 Å². The molecule has 0 spiro atoms. The van der Waals surface area contributed by atoms with Gasteiger partial charge in [-0.25, -0.2) is 0 Å². The van der Waals surface area contributed by atoms with Gasteiger partial charge in [-0.2, -0.15) is 0 Å². The van der Waals surface area contributed by atoms with Crippen molar-refractivity contribution in [3.05, 3.63) is 96.1 Å². The maximum atomic E-state index is 12.2. The molecule has 4 nitrogen and oxygen atoms in total. The summed E-state index contributed by atoms with van der Waals surface area (Å²) in [7, 11) is 0. The van der Waals surface area contributed by atoms with Crippen LogP contribution in [0.1, 0.15) is 11.1 Å². The SMILES string of the molecule is O=C(Cc1ccccc1)Nc1cccc(NC(=O)Cc2ccccc2)c1. The first-order valence-electron chi connectivity index (χ1n) is 8.47. The van der Waals surface area contributed by atoms with E-state index in [1.807, 2.05) is 60.7 Å². The van der Waals surface area contributed by atoms with Crippen LogP contribution >= 0.6 is 0 Å². The molecule has 0 aromatic heterocycles. The Morgan fingerprint density at radius 1 is 0.577 bits per heavy atom. The average molecular weight is 344 g/mol. The van der Waals surface area contributed by atoms with Crippen LogP contribution in [0, 0.1) is 0 Å². The third-order valence-electron chi connectivity index (χ3n) is 3.85. The summed E-state index contributed by atoms with van der Waals surface area (Å²) in [5.74, 6) is -0.187. The molecule has 0 aliphatic rings. The van der Waals surface area contributed by atoms with Gasteiger partial charge in [0.15, 0.2) is 0 Å². The zero-order valence-corrected chi connectivity index (χ0v) is 14.3. The van der Waals surface area contributed by atoms with Crippen LogP contribution in [-0.2, 0) is 22.4 Å². The molecular weight excluding hydrogens is 324 g/mol. The minimum Gasteiger partial charge on any atom is -0.326 e. The van der Waals surface area contributed by atoms with E-state index in [1.165, 1.54) is 0 Å². The molecule has 0 aliphatic carbocycles. The van der Waals surface area contributed by atoms with E-state index >= 15 is 0 Å². The van der Waals surface area contributed by atoms with Gasteiger partial charge in [-0.15, -0.1) is 0 Å². The van der Waals surface area contributed by atoms with Crippen LogP contribution in [0.2, 0.25) is 0 Å². The molecule has 0 atom stereocenters. The minimum atomic E-state index is -0.0936. The smallest absolute Gasteiger partial charge is 0.228 e. The van der Waals surface area contributed by atoms with Gasteiger partial charge >= 0.3 is 0 Å². The quantitative estimate of drug-likeness (QED) is 0.709. The van der Waals surface area contributed by atoms with Gasteiger partial charge in [0.1, 0.15) is 0 Å². The summed E-state index contributed by atoms with van der Waals surface area (Å²) in [5, 5.41) is 5.73. The summed E-state index contributed by atoms with van der Waals surface area (Å²) in [6, 6.07) is 26.3. The molecular formula is C22H20N2O2. The molecule has 0 bridgehead atoms. The van der Waals surface area contributed by atoms with Crippen molar-refractivity contribution in [3.8, 4) is 0 Å². The summed E-state index contributed by atoms with van der Waals surface area (Å²) in [4.78, 5) is 24.3. The van der Waals surface area contributed by atoms with Crippen molar-refractivity contribution in [1.82, 2.24) is 0 Å². The lowest BCUT2D eigenvalue weighted by molar-refractivity contribution is -0.116. The largest absolute Gasteiger partial charge is 0.326 e. The van der Waals surface area contributed by atoms with Crippen LogP contribution in [0.4, 0.5) is 11.4 Å². The molecule has 3 rings (SSSR count). The number of amides is 2. The fourth-order valence-electron chi connectivity index (χ4n) is 2.65. The molecule has 26 heavy (non-hydrogen) atoms. The topological polar surface area (TPSA) is 58.2 Å². The first kappa shape index (κ1) is 17.4. The van der Waals surface area contributed by atoms with Gasteiger partial charge in [0, 0.05) is 11.4 Å². The highest BCUT2D eigenvalue weighted by atomic mass is 16.2. The fourth-order valence-corrected chi connectivity index (χ4v) is 2.65. The molecule has 0 aliphatic heterocycles. The molecule has 0 unspecified atom stereocenters. The molecule has 0 saturated carbocycles. The molecule has 4 heteroatoms. The molecule has 2 N–H and O–H groups in total. The van der Waals surface area contributed by atoms with E-state index in [9.17, 15) is 9.59 Å². The Bertz CT molecular complexity index is 806. The maximum absolute atomic E-state index is 12.2. The highest BCUT2D eigenvalue weighted by molar-refractivity contribution is 5.95. The summed E-state index contributed by atoms with van der Waals surface area (Å²) >= 11 is 0. The van der Waals surface area contributed by atoms with Crippen molar-refractivity contribution >= 4 is 23.2 Å². The normalized spacial score (nSPS) is 10.2. The summed E-state index contributed by atoms with van der Waals surface area (Å²) in [5.41, 5.74) is 3.22. The molecule has 130 valence electrons. The van der Waals surface area contributed by atoms with E-state index in [2.05, 4.69) is 10.6 Å². The highest BCUT2D eigenvalue weighted by Gasteiger charge is 2.07. The van der Waals surface area contributed by atoms with Crippen LogP contribution in [0.3, 0.4) is 0 Å². The number of rotatable bonds is 6. The molecule has 2 amide bonds. The Balaban J connectivity index is 1.57. The van der Waals surface area contributed by atoms with Gasteiger partial charge in [-0.05, 0) is 29.3 Å². The lowest BCUT2D eigenvalue weighted by Crippen LogP contribution is -2.16. The number of nitrogens with one attached hydrogen (secondary N) is 2. The van der Waals surface area contributed by atoms with Crippen LogP contribution in [0.5, 0.6) is 0 Å². The van der Waals surface area contributed by atoms with E-state index in [4.69, 9.17) is 0 Å². The van der Waals surface area contributed by atoms with Crippen LogP contribution in [0.25, 0.3) is 0 Å². The second-order valence-electron chi connectivity index (χ2n) is 6.00. The van der Waals surface area contributed by atoms with Crippen molar-refractivity contribution in [2.75, 3.05) is 10.6 Å². The molecule has 0 fully saturated rings. The number of carbonyl (C=O) groups is 2. The Labute approximate surface area is 152 Å². The molecule has 0 heterocycles. The van der Waals surface area contributed by atoms with Gasteiger partial charge in [-0.1, -0.05) is 66.7 Å². The predicted molar refractivity (Wildman–Crippen MR) is 104 cm³/mol. The second-order valence-corrected chi connectivity index (χ2v) is 6.00. The molecule has 3 aromatic rings. The van der Waals surface area contributed by atoms with Crippen LogP contribution in [-0.4, -0.2) is 11.8 Å². The monoisotopic (exact) mass is 344 g/mol. The lowest BCUT2D eigenvalue weighted by Gasteiger charge is -2.09. The first-order chi connectivity index (χ1) is 12.7. The number of benzene rings is 3. The Hall–Kier alpha value is -3.40. The van der Waals surface area contributed by atoms with E-state index in [1.54, 1.807) is 24.3 Å². The minimum absolute atomic E-state index is 0.0936. The standard InChI is InChI=1S/C22H20N2O2/c25-21(14-17-8-3-1-4-9-17)23-19-12-7-13-20(16-19)24-22(26)15-18-10-5-2-6-11-18/h1-13,16H,14-15H2,(H,23,25)(H,24,26). The van der Waals surface area contributed by atoms with Gasteiger partial charge < -0.3 is 10.6 Å². The van der Waals surface area contributed by atoms with Gasteiger partial charge in [-0.3, -0.25) is 9.59 Å². The van der Waals surface area contributed by atoms with Gasteiger partial charge in [0.05, 0.1) is 12.8 Å². The lowest BCUT2D eigenvalue weighted by atomic mass is 10.1. The average Bonchev–Trinajstić information content (AvgIpc) is 2.63. The Kier molecular flexibility index (Phi) is 5.78. The zero-order valence-electron chi connectivity index (χ0n) is 14.3. The third kappa shape index (κ3) is 5.31. The maximum Gasteiger partial charge on any atom is 0.228 e. The van der Waals surface area contributed by atoms with Crippen molar-refractivity contribution in [2.24, 2.45) is 0 Å². The number of carbonyl (C=O) groups excluding carboxylic acids is 2. The molecule has 3 aromatic carbocycles. The van der Waals surface area contributed by atoms with Crippen LogP contribution < -0.4 is 10.6 Å². The summed E-state index contributed by atoms with van der Waals surface area (Å²) < 4.78 is 0. The highest BCUT2D eigenvalue weighted by Crippen LogP contribution is 2.16. The third-order valence-corrected chi connectivity index (χ3v) is 3.85. The Morgan fingerprint density at radius 3 is 1.42 bits per heavy atom. The first-order valence-corrected chi connectivity index (χ1v) is 8.47. The number of hydrogen-bond donors (Lipinski definition) is 2. The summed E-state index contributed by atoms with van der Waals surface area (Å²) in [6.07, 6.45) is 0.622. The number of hydrogen-bond acceptors (Lipinski definition) is 2. The van der Waals surface area contributed by atoms with E-state index < -0.39 is 0 Å². The van der Waals surface area contributed by atoms with Gasteiger partial charge in [0.25, 0.3) is 0 Å².